The molecular weight excluding hydrogens is 432 g/mol. The second kappa shape index (κ2) is 12.2. The van der Waals surface area contributed by atoms with Crippen LogP contribution in [0.4, 0.5) is 5.69 Å². The summed E-state index contributed by atoms with van der Waals surface area (Å²) in [5, 5.41) is 12.9. The van der Waals surface area contributed by atoms with Gasteiger partial charge in [-0.1, -0.05) is 13.8 Å². The van der Waals surface area contributed by atoms with Crippen molar-refractivity contribution in [3.8, 4) is 5.75 Å². The number of thiocarbonyl (C=S) groups is 1. The van der Waals surface area contributed by atoms with E-state index < -0.39 is 16.7 Å². The Morgan fingerprint density at radius 3 is 2.34 bits per heavy atom. The molecule has 0 spiro atoms. The number of carbonyl (C=O) groups excluding carboxylic acids is 2. The molecule has 0 aliphatic carbocycles. The first kappa shape index (κ1) is 24.5. The van der Waals surface area contributed by atoms with Crippen LogP contribution in [0.2, 0.25) is 0 Å². The standard InChI is InChI=1S/C22H24N4O5S/c1-15(2)13-14-31-19-10-6-17(7-11-19)21(28)24-25-22(32)23-20(27)12-5-16-3-8-18(9-4-16)26(29)30/h3-12,15H,13-14H2,1-2H3,(H,24,28)(H2,23,25,27,32)/b12-5+. The molecule has 0 atom stereocenters. The minimum Gasteiger partial charge on any atom is -0.494 e. The Labute approximate surface area is 191 Å². The molecule has 0 fully saturated rings. The van der Waals surface area contributed by atoms with Gasteiger partial charge in [0.05, 0.1) is 11.5 Å². The average molecular weight is 457 g/mol. The van der Waals surface area contributed by atoms with Gasteiger partial charge in [-0.05, 0) is 72.6 Å². The number of hydrogen-bond donors (Lipinski definition) is 3. The van der Waals surface area contributed by atoms with Crippen molar-refractivity contribution in [1.29, 1.82) is 0 Å². The van der Waals surface area contributed by atoms with Gasteiger partial charge in [0.2, 0.25) is 5.91 Å². The highest BCUT2D eigenvalue weighted by molar-refractivity contribution is 7.80. The maximum atomic E-state index is 12.2. The number of hydrazine groups is 1. The summed E-state index contributed by atoms with van der Waals surface area (Å²) in [6.45, 7) is 4.84. The third kappa shape index (κ3) is 8.52. The summed E-state index contributed by atoms with van der Waals surface area (Å²) in [7, 11) is 0. The predicted octanol–water partition coefficient (Wildman–Crippen LogP) is 3.37. The first-order chi connectivity index (χ1) is 15.2. The monoisotopic (exact) mass is 456 g/mol. The lowest BCUT2D eigenvalue weighted by molar-refractivity contribution is -0.384. The van der Waals surface area contributed by atoms with Crippen LogP contribution >= 0.6 is 12.2 Å². The summed E-state index contributed by atoms with van der Waals surface area (Å²) in [4.78, 5) is 34.2. The Morgan fingerprint density at radius 1 is 1.09 bits per heavy atom. The lowest BCUT2D eigenvalue weighted by atomic mass is 10.1. The van der Waals surface area contributed by atoms with Gasteiger partial charge < -0.3 is 4.74 Å². The van der Waals surface area contributed by atoms with Crippen molar-refractivity contribution >= 4 is 40.9 Å². The number of nitro benzene ring substituents is 1. The summed E-state index contributed by atoms with van der Waals surface area (Å²) >= 11 is 4.98. The molecule has 0 aliphatic heterocycles. The van der Waals surface area contributed by atoms with Gasteiger partial charge in [-0.3, -0.25) is 35.9 Å². The fourth-order valence-corrected chi connectivity index (χ4v) is 2.52. The van der Waals surface area contributed by atoms with Gasteiger partial charge in [0, 0.05) is 23.8 Å². The highest BCUT2D eigenvalue weighted by Gasteiger charge is 2.08. The molecular formula is C22H24N4O5S. The van der Waals surface area contributed by atoms with Crippen molar-refractivity contribution in [2.75, 3.05) is 6.61 Å². The van der Waals surface area contributed by atoms with Crippen LogP contribution < -0.4 is 20.9 Å². The van der Waals surface area contributed by atoms with E-state index in [9.17, 15) is 19.7 Å². The number of benzene rings is 2. The van der Waals surface area contributed by atoms with Crippen LogP contribution in [0.5, 0.6) is 5.75 Å². The van der Waals surface area contributed by atoms with Gasteiger partial charge in [0.1, 0.15) is 5.75 Å². The van der Waals surface area contributed by atoms with E-state index in [1.165, 1.54) is 36.4 Å². The van der Waals surface area contributed by atoms with Crippen molar-refractivity contribution < 1.29 is 19.2 Å². The van der Waals surface area contributed by atoms with Crippen LogP contribution in [0, 0.1) is 16.0 Å². The molecule has 0 aromatic heterocycles. The number of carbonyl (C=O) groups is 2. The van der Waals surface area contributed by atoms with E-state index in [-0.39, 0.29) is 10.8 Å². The van der Waals surface area contributed by atoms with E-state index in [4.69, 9.17) is 17.0 Å². The molecule has 3 N–H and O–H groups in total. The lowest BCUT2D eigenvalue weighted by Crippen LogP contribution is -2.48. The molecule has 2 rings (SSSR count). The van der Waals surface area contributed by atoms with Gasteiger partial charge in [0.15, 0.2) is 5.11 Å². The number of rotatable bonds is 8. The third-order valence-corrected chi connectivity index (χ3v) is 4.34. The minimum absolute atomic E-state index is 0.0407. The SMILES string of the molecule is CC(C)CCOc1ccc(C(=O)NNC(=S)NC(=O)/C=C/c2ccc([N+](=O)[O-])cc2)cc1. The number of amides is 2. The molecule has 2 aromatic carbocycles. The van der Waals surface area contributed by atoms with Crippen molar-refractivity contribution in [3.05, 3.63) is 75.8 Å². The van der Waals surface area contributed by atoms with Gasteiger partial charge >= 0.3 is 0 Å². The summed E-state index contributed by atoms with van der Waals surface area (Å²) in [6.07, 6.45) is 3.64. The van der Waals surface area contributed by atoms with E-state index in [0.29, 0.717) is 29.4 Å². The van der Waals surface area contributed by atoms with Crippen molar-refractivity contribution in [3.63, 3.8) is 0 Å². The normalized spacial score (nSPS) is 10.6. The molecule has 0 radical (unpaired) electrons. The predicted molar refractivity (Wildman–Crippen MR) is 125 cm³/mol. The lowest BCUT2D eigenvalue weighted by Gasteiger charge is -2.11. The maximum absolute atomic E-state index is 12.2. The topological polar surface area (TPSA) is 123 Å². The Bertz CT molecular complexity index is 988. The molecule has 0 unspecified atom stereocenters. The third-order valence-electron chi connectivity index (χ3n) is 4.14. The Balaban J connectivity index is 1.76. The summed E-state index contributed by atoms with van der Waals surface area (Å²) in [5.74, 6) is 0.265. The molecule has 2 aromatic rings. The second-order valence-electron chi connectivity index (χ2n) is 7.13. The zero-order valence-electron chi connectivity index (χ0n) is 17.7. The number of non-ortho nitro benzene ring substituents is 1. The zero-order chi connectivity index (χ0) is 23.5. The molecule has 0 heterocycles. The fourth-order valence-electron chi connectivity index (χ4n) is 2.36. The smallest absolute Gasteiger partial charge is 0.269 e. The number of nitrogens with zero attached hydrogens (tertiary/aromatic N) is 1. The number of nitro groups is 1. The molecule has 0 saturated carbocycles. The van der Waals surface area contributed by atoms with Crippen LogP contribution in [0.25, 0.3) is 6.08 Å². The Morgan fingerprint density at radius 2 is 1.75 bits per heavy atom. The highest BCUT2D eigenvalue weighted by Crippen LogP contribution is 2.14. The first-order valence-corrected chi connectivity index (χ1v) is 10.2. The molecule has 0 bridgehead atoms. The van der Waals surface area contributed by atoms with E-state index in [0.717, 1.165) is 6.42 Å². The maximum Gasteiger partial charge on any atom is 0.269 e. The molecule has 168 valence electrons. The molecule has 9 nitrogen and oxygen atoms in total. The van der Waals surface area contributed by atoms with E-state index in [1.807, 2.05) is 0 Å². The van der Waals surface area contributed by atoms with E-state index in [1.54, 1.807) is 24.3 Å². The van der Waals surface area contributed by atoms with Crippen LogP contribution in [0.15, 0.2) is 54.6 Å². The van der Waals surface area contributed by atoms with Crippen molar-refractivity contribution in [1.82, 2.24) is 16.2 Å². The summed E-state index contributed by atoms with van der Waals surface area (Å²) in [6, 6.07) is 12.4. The van der Waals surface area contributed by atoms with Crippen LogP contribution in [-0.2, 0) is 4.79 Å². The Hall–Kier alpha value is -3.79. The first-order valence-electron chi connectivity index (χ1n) is 9.81. The van der Waals surface area contributed by atoms with E-state index in [2.05, 4.69) is 30.0 Å². The molecule has 0 saturated heterocycles. The van der Waals surface area contributed by atoms with Crippen molar-refractivity contribution in [2.45, 2.75) is 20.3 Å². The van der Waals surface area contributed by atoms with Crippen LogP contribution in [-0.4, -0.2) is 28.5 Å². The summed E-state index contributed by atoms with van der Waals surface area (Å²) < 4.78 is 5.61. The second-order valence-corrected chi connectivity index (χ2v) is 7.54. The van der Waals surface area contributed by atoms with Gasteiger partial charge in [-0.25, -0.2) is 0 Å². The van der Waals surface area contributed by atoms with Crippen LogP contribution in [0.1, 0.15) is 36.2 Å². The quantitative estimate of drug-likeness (QED) is 0.241. The van der Waals surface area contributed by atoms with E-state index >= 15 is 0 Å². The van der Waals surface area contributed by atoms with Crippen LogP contribution in [0.3, 0.4) is 0 Å². The molecule has 32 heavy (non-hydrogen) atoms. The summed E-state index contributed by atoms with van der Waals surface area (Å²) in [5.41, 5.74) is 5.80. The average Bonchev–Trinajstić information content (AvgIpc) is 2.76. The van der Waals surface area contributed by atoms with Gasteiger partial charge in [-0.15, -0.1) is 0 Å². The highest BCUT2D eigenvalue weighted by atomic mass is 32.1. The van der Waals surface area contributed by atoms with Gasteiger partial charge in [0.25, 0.3) is 11.6 Å². The largest absolute Gasteiger partial charge is 0.494 e. The molecule has 10 heteroatoms. The number of nitrogens with one attached hydrogen (secondary N) is 3. The van der Waals surface area contributed by atoms with Gasteiger partial charge in [-0.2, -0.15) is 0 Å². The number of ether oxygens (including phenoxy) is 1. The minimum atomic E-state index is -0.530. The Kier molecular flexibility index (Phi) is 9.30. The molecule has 2 amide bonds. The van der Waals surface area contributed by atoms with Crippen molar-refractivity contribution in [2.24, 2.45) is 5.92 Å². The fraction of sp³-hybridized carbons (Fsp3) is 0.227. The number of hydrogen-bond acceptors (Lipinski definition) is 6. The molecule has 0 aliphatic rings. The zero-order valence-corrected chi connectivity index (χ0v) is 18.5.